The Kier molecular flexibility index (Phi) is 4.17. The van der Waals surface area contributed by atoms with Gasteiger partial charge in [-0.3, -0.25) is 4.79 Å². The molecule has 9 heteroatoms. The first-order chi connectivity index (χ1) is 13.6. The number of carbonyl (C=O) groups excluding carboxylic acids is 1. The Morgan fingerprint density at radius 1 is 1.21 bits per heavy atom. The van der Waals surface area contributed by atoms with Crippen LogP contribution in [-0.2, 0) is 4.79 Å². The number of nitrogens with one attached hydrogen (secondary N) is 1. The third-order valence-electron chi connectivity index (χ3n) is 5.46. The molecular formula is C19H19ClN6O2. The Hall–Kier alpha value is -2.71. The third kappa shape index (κ3) is 2.98. The second kappa shape index (κ2) is 6.72. The summed E-state index contributed by atoms with van der Waals surface area (Å²) in [5, 5.41) is 17.6. The zero-order valence-corrected chi connectivity index (χ0v) is 15.8. The molecule has 2 aliphatic rings. The molecule has 1 saturated carbocycles. The van der Waals surface area contributed by atoms with Gasteiger partial charge in [-0.1, -0.05) is 11.6 Å². The van der Waals surface area contributed by atoms with Gasteiger partial charge in [-0.15, -0.1) is 0 Å². The number of amides is 1. The maximum absolute atomic E-state index is 12.2. The summed E-state index contributed by atoms with van der Waals surface area (Å²) in [5.74, 6) is 1.18. The van der Waals surface area contributed by atoms with E-state index in [0.29, 0.717) is 22.4 Å². The number of anilines is 2. The molecule has 3 aromatic rings. The van der Waals surface area contributed by atoms with Gasteiger partial charge in [0.05, 0.1) is 36.1 Å². The smallest absolute Gasteiger partial charge is 0.244 e. The molecule has 0 atom stereocenters. The van der Waals surface area contributed by atoms with Gasteiger partial charge in [0.2, 0.25) is 5.91 Å². The molecule has 0 bridgehead atoms. The van der Waals surface area contributed by atoms with Gasteiger partial charge in [0.15, 0.2) is 11.6 Å². The van der Waals surface area contributed by atoms with Crippen molar-refractivity contribution >= 4 is 34.5 Å². The monoisotopic (exact) mass is 398 g/mol. The van der Waals surface area contributed by atoms with Crippen LogP contribution in [0.5, 0.6) is 0 Å². The average molecular weight is 399 g/mol. The van der Waals surface area contributed by atoms with E-state index in [1.54, 1.807) is 29.2 Å². The maximum atomic E-state index is 12.2. The lowest BCUT2D eigenvalue weighted by Crippen LogP contribution is -2.47. The van der Waals surface area contributed by atoms with Gasteiger partial charge in [0.1, 0.15) is 5.69 Å². The molecule has 1 aliphatic heterocycles. The van der Waals surface area contributed by atoms with Crippen LogP contribution in [0, 0.1) is 0 Å². The SMILES string of the molecule is O=C1CN([C@H]2CC[C@H](O)CC2)c2nc(-c3cnn4ccc(Cl)cc34)ncc2N1. The molecule has 28 heavy (non-hydrogen) atoms. The molecule has 0 unspecified atom stereocenters. The first-order valence-corrected chi connectivity index (χ1v) is 9.71. The molecule has 1 fully saturated rings. The first-order valence-electron chi connectivity index (χ1n) is 9.33. The van der Waals surface area contributed by atoms with Gasteiger partial charge in [0.25, 0.3) is 0 Å². The van der Waals surface area contributed by atoms with Crippen LogP contribution in [0.25, 0.3) is 16.9 Å². The topological polar surface area (TPSA) is 95.7 Å². The highest BCUT2D eigenvalue weighted by Gasteiger charge is 2.32. The average Bonchev–Trinajstić information content (AvgIpc) is 3.10. The summed E-state index contributed by atoms with van der Waals surface area (Å²) in [6, 6.07) is 3.78. The standard InChI is InChI=1S/C19H19ClN6O2/c20-11-5-6-26-16(7-11)14(8-22-26)18-21-9-15-19(24-18)25(10-17(28)23-15)12-1-3-13(27)4-2-12/h5-9,12-13,27H,1-4,10H2,(H,23,28)/t12-,13-. The Labute approximate surface area is 166 Å². The van der Waals surface area contributed by atoms with Crippen molar-refractivity contribution in [1.82, 2.24) is 19.6 Å². The van der Waals surface area contributed by atoms with Crippen molar-refractivity contribution in [3.05, 3.63) is 35.7 Å². The predicted molar refractivity (Wildman–Crippen MR) is 105 cm³/mol. The van der Waals surface area contributed by atoms with Crippen molar-refractivity contribution in [3.63, 3.8) is 0 Å². The van der Waals surface area contributed by atoms with E-state index in [-0.39, 0.29) is 24.6 Å². The quantitative estimate of drug-likeness (QED) is 0.688. The number of aromatic nitrogens is 4. The second-order valence-corrected chi connectivity index (χ2v) is 7.74. The van der Waals surface area contributed by atoms with Crippen LogP contribution in [0.2, 0.25) is 5.02 Å². The Balaban J connectivity index is 1.57. The van der Waals surface area contributed by atoms with E-state index >= 15 is 0 Å². The van der Waals surface area contributed by atoms with E-state index in [9.17, 15) is 9.90 Å². The van der Waals surface area contributed by atoms with E-state index in [1.165, 1.54) is 0 Å². The van der Waals surface area contributed by atoms with Gasteiger partial charge in [-0.25, -0.2) is 14.5 Å². The molecule has 0 radical (unpaired) electrons. The minimum atomic E-state index is -0.251. The number of halogens is 1. The highest BCUT2D eigenvalue weighted by atomic mass is 35.5. The van der Waals surface area contributed by atoms with Crippen LogP contribution in [0.15, 0.2) is 30.7 Å². The van der Waals surface area contributed by atoms with Crippen molar-refractivity contribution in [2.75, 3.05) is 16.8 Å². The molecule has 3 aromatic heterocycles. The summed E-state index contributed by atoms with van der Waals surface area (Å²) in [4.78, 5) is 23.5. The van der Waals surface area contributed by atoms with Gasteiger partial charge in [-0.05, 0) is 37.8 Å². The Morgan fingerprint density at radius 2 is 2.04 bits per heavy atom. The molecule has 8 nitrogen and oxygen atoms in total. The lowest BCUT2D eigenvalue weighted by atomic mass is 9.91. The number of carbonyl (C=O) groups is 1. The number of hydrogen-bond acceptors (Lipinski definition) is 6. The summed E-state index contributed by atoms with van der Waals surface area (Å²) in [7, 11) is 0. The zero-order chi connectivity index (χ0) is 19.3. The van der Waals surface area contributed by atoms with Gasteiger partial charge in [-0.2, -0.15) is 5.10 Å². The lowest BCUT2D eigenvalue weighted by molar-refractivity contribution is -0.115. The van der Waals surface area contributed by atoms with Crippen molar-refractivity contribution in [1.29, 1.82) is 0 Å². The Bertz CT molecular complexity index is 1060. The van der Waals surface area contributed by atoms with Crippen molar-refractivity contribution in [3.8, 4) is 11.4 Å². The van der Waals surface area contributed by atoms with Crippen LogP contribution < -0.4 is 10.2 Å². The fourth-order valence-electron chi connectivity index (χ4n) is 4.03. The molecular weight excluding hydrogens is 380 g/mol. The molecule has 5 rings (SSSR count). The third-order valence-corrected chi connectivity index (χ3v) is 5.70. The summed E-state index contributed by atoms with van der Waals surface area (Å²) in [5.41, 5.74) is 2.21. The molecule has 1 amide bonds. The fraction of sp³-hybridized carbons (Fsp3) is 0.368. The van der Waals surface area contributed by atoms with Crippen molar-refractivity contribution in [2.45, 2.75) is 37.8 Å². The van der Waals surface area contributed by atoms with Gasteiger partial charge < -0.3 is 15.3 Å². The maximum Gasteiger partial charge on any atom is 0.244 e. The van der Waals surface area contributed by atoms with Crippen LogP contribution in [0.1, 0.15) is 25.7 Å². The highest BCUT2D eigenvalue weighted by Crippen LogP contribution is 2.35. The van der Waals surface area contributed by atoms with Crippen molar-refractivity contribution < 1.29 is 9.90 Å². The number of aliphatic hydroxyl groups excluding tert-OH is 1. The number of hydrogen-bond donors (Lipinski definition) is 2. The van der Waals surface area contributed by atoms with E-state index in [2.05, 4.69) is 15.4 Å². The van der Waals surface area contributed by atoms with Crippen LogP contribution >= 0.6 is 11.6 Å². The van der Waals surface area contributed by atoms with Gasteiger partial charge >= 0.3 is 0 Å². The zero-order valence-electron chi connectivity index (χ0n) is 15.0. The van der Waals surface area contributed by atoms with Crippen LogP contribution in [-0.4, -0.2) is 49.3 Å². The minimum absolute atomic E-state index is 0.0715. The summed E-state index contributed by atoms with van der Waals surface area (Å²) >= 11 is 6.14. The fourth-order valence-corrected chi connectivity index (χ4v) is 4.19. The van der Waals surface area contributed by atoms with E-state index in [1.807, 2.05) is 11.0 Å². The number of nitrogens with zero attached hydrogens (tertiary/aromatic N) is 5. The number of aliphatic hydroxyl groups is 1. The molecule has 1 aliphatic carbocycles. The lowest BCUT2D eigenvalue weighted by Gasteiger charge is -2.39. The molecule has 2 N–H and O–H groups in total. The van der Waals surface area contributed by atoms with E-state index in [0.717, 1.165) is 36.8 Å². The molecule has 144 valence electrons. The molecule has 4 heterocycles. The normalized spacial score (nSPS) is 22.2. The Morgan fingerprint density at radius 3 is 2.86 bits per heavy atom. The van der Waals surface area contributed by atoms with Crippen LogP contribution in [0.4, 0.5) is 11.5 Å². The largest absolute Gasteiger partial charge is 0.393 e. The second-order valence-electron chi connectivity index (χ2n) is 7.30. The van der Waals surface area contributed by atoms with Gasteiger partial charge in [0, 0.05) is 17.3 Å². The number of rotatable bonds is 2. The summed E-state index contributed by atoms with van der Waals surface area (Å²) in [6.07, 6.45) is 8.05. The first kappa shape index (κ1) is 17.4. The number of pyridine rings is 1. The van der Waals surface area contributed by atoms with Crippen molar-refractivity contribution in [2.24, 2.45) is 0 Å². The summed E-state index contributed by atoms with van der Waals surface area (Å²) in [6.45, 7) is 0.255. The highest BCUT2D eigenvalue weighted by molar-refractivity contribution is 6.31. The number of fused-ring (bicyclic) bond motifs is 2. The molecule has 0 aromatic carbocycles. The predicted octanol–water partition coefficient (Wildman–Crippen LogP) is 2.51. The minimum Gasteiger partial charge on any atom is -0.393 e. The van der Waals surface area contributed by atoms with Crippen LogP contribution in [0.3, 0.4) is 0 Å². The summed E-state index contributed by atoms with van der Waals surface area (Å²) < 4.78 is 1.73. The van der Waals surface area contributed by atoms with E-state index < -0.39 is 0 Å². The molecule has 0 spiro atoms. The van der Waals surface area contributed by atoms with E-state index in [4.69, 9.17) is 16.6 Å². The molecule has 0 saturated heterocycles.